The Bertz CT molecular complexity index is 1090. The second kappa shape index (κ2) is 8.95. The molecule has 0 saturated heterocycles. The summed E-state index contributed by atoms with van der Waals surface area (Å²) >= 11 is 0. The number of aromatic nitrogens is 4. The number of hydrogen-bond acceptors (Lipinski definition) is 8. The molecule has 0 radical (unpaired) electrons. The summed E-state index contributed by atoms with van der Waals surface area (Å²) in [6, 6.07) is 5.82. The van der Waals surface area contributed by atoms with Gasteiger partial charge in [-0.05, 0) is 19.9 Å². The number of nitrogens with one attached hydrogen (secondary N) is 3. The predicted octanol–water partition coefficient (Wildman–Crippen LogP) is 2.08. The molecular weight excluding hydrogens is 368 g/mol. The first-order chi connectivity index (χ1) is 14.1. The topological polar surface area (TPSA) is 136 Å². The van der Waals surface area contributed by atoms with Gasteiger partial charge in [-0.15, -0.1) is 0 Å². The lowest BCUT2D eigenvalue weighted by atomic mass is 10.1. The molecule has 0 aliphatic rings. The summed E-state index contributed by atoms with van der Waals surface area (Å²) in [5.74, 6) is 0.566. The van der Waals surface area contributed by atoms with Gasteiger partial charge in [0.25, 0.3) is 0 Å². The number of aliphatic hydroxyl groups is 1. The Hall–Kier alpha value is -3.77. The van der Waals surface area contributed by atoms with Crippen molar-refractivity contribution in [3.8, 4) is 11.9 Å². The van der Waals surface area contributed by atoms with E-state index in [-0.39, 0.29) is 12.6 Å². The third-order valence-corrected chi connectivity index (χ3v) is 4.07. The van der Waals surface area contributed by atoms with Gasteiger partial charge in [-0.1, -0.05) is 0 Å². The van der Waals surface area contributed by atoms with Gasteiger partial charge in [0.2, 0.25) is 0 Å². The highest BCUT2D eigenvalue weighted by Crippen LogP contribution is 2.26. The van der Waals surface area contributed by atoms with Crippen LogP contribution in [0.4, 0.5) is 5.69 Å². The molecule has 148 valence electrons. The van der Waals surface area contributed by atoms with Gasteiger partial charge < -0.3 is 21.1 Å². The van der Waals surface area contributed by atoms with Crippen LogP contribution in [0.25, 0.3) is 22.4 Å². The van der Waals surface area contributed by atoms with Gasteiger partial charge >= 0.3 is 0 Å². The van der Waals surface area contributed by atoms with Crippen molar-refractivity contribution in [2.45, 2.75) is 19.9 Å². The summed E-state index contributed by atoms with van der Waals surface area (Å²) in [7, 11) is 0. The Labute approximate surface area is 168 Å². The van der Waals surface area contributed by atoms with Crippen molar-refractivity contribution in [1.82, 2.24) is 25.1 Å². The molecule has 9 heteroatoms. The molecule has 3 heterocycles. The molecule has 0 aliphatic carbocycles. The molecule has 0 aromatic carbocycles. The first kappa shape index (κ1) is 20.0. The number of rotatable bonds is 8. The van der Waals surface area contributed by atoms with E-state index in [9.17, 15) is 0 Å². The maximum atomic E-state index is 9.04. The van der Waals surface area contributed by atoms with Crippen LogP contribution in [-0.4, -0.2) is 50.3 Å². The number of nitriles is 1. The van der Waals surface area contributed by atoms with E-state index in [1.165, 1.54) is 12.4 Å². The van der Waals surface area contributed by atoms with Gasteiger partial charge in [0.15, 0.2) is 11.5 Å². The normalized spacial score (nSPS) is 11.5. The fourth-order valence-corrected chi connectivity index (χ4v) is 2.81. The number of hydrogen-bond donors (Lipinski definition) is 4. The number of allylic oxidation sites excluding steroid dienone is 1. The number of pyridine rings is 2. The van der Waals surface area contributed by atoms with Crippen LogP contribution in [0.5, 0.6) is 0 Å². The van der Waals surface area contributed by atoms with E-state index in [2.05, 4.69) is 31.8 Å². The third-order valence-electron chi connectivity index (χ3n) is 4.07. The Balaban J connectivity index is 2.07. The van der Waals surface area contributed by atoms with Crippen LogP contribution < -0.4 is 10.6 Å². The summed E-state index contributed by atoms with van der Waals surface area (Å²) in [6.45, 7) is 4.44. The van der Waals surface area contributed by atoms with Crippen LogP contribution in [0.1, 0.15) is 25.0 Å². The molecule has 4 N–H and O–H groups in total. The smallest absolute Gasteiger partial charge is 0.164 e. The minimum atomic E-state index is 0.00293. The quantitative estimate of drug-likeness (QED) is 0.341. The van der Waals surface area contributed by atoms with Crippen LogP contribution >= 0.6 is 0 Å². The first-order valence-electron chi connectivity index (χ1n) is 9.13. The molecule has 3 aromatic heterocycles. The summed E-state index contributed by atoms with van der Waals surface area (Å²) in [6.07, 6.45) is 7.75. The average Bonchev–Trinajstić information content (AvgIpc) is 3.14. The number of anilines is 1. The van der Waals surface area contributed by atoms with E-state index < -0.39 is 0 Å². The van der Waals surface area contributed by atoms with Crippen molar-refractivity contribution in [1.29, 1.82) is 10.7 Å². The zero-order chi connectivity index (χ0) is 20.8. The number of fused-ring (bicyclic) bond motifs is 1. The number of nitrogens with zero attached hydrogens (tertiary/aromatic N) is 5. The summed E-state index contributed by atoms with van der Waals surface area (Å²) in [4.78, 5) is 8.85. The molecule has 0 saturated carbocycles. The van der Waals surface area contributed by atoms with Crippen LogP contribution in [0.2, 0.25) is 0 Å². The average molecular weight is 390 g/mol. The minimum Gasteiger partial charge on any atom is -0.395 e. The molecule has 0 atom stereocenters. The van der Waals surface area contributed by atoms with Crippen LogP contribution in [0.3, 0.4) is 0 Å². The molecule has 9 nitrogen and oxygen atoms in total. The highest BCUT2D eigenvalue weighted by molar-refractivity contribution is 6.10. The van der Waals surface area contributed by atoms with E-state index in [1.54, 1.807) is 29.3 Å². The Kier molecular flexibility index (Phi) is 6.16. The van der Waals surface area contributed by atoms with Crippen LogP contribution in [-0.2, 0) is 0 Å². The van der Waals surface area contributed by atoms with Gasteiger partial charge in [-0.25, -0.2) is 9.97 Å². The fourth-order valence-electron chi connectivity index (χ4n) is 2.81. The Morgan fingerprint density at radius 2 is 2.14 bits per heavy atom. The van der Waals surface area contributed by atoms with Gasteiger partial charge in [0.1, 0.15) is 6.07 Å². The van der Waals surface area contributed by atoms with E-state index >= 15 is 0 Å². The molecule has 0 amide bonds. The van der Waals surface area contributed by atoms with Crippen molar-refractivity contribution in [3.63, 3.8) is 0 Å². The maximum Gasteiger partial charge on any atom is 0.164 e. The second-order valence-electron chi connectivity index (χ2n) is 6.61. The molecule has 29 heavy (non-hydrogen) atoms. The fraction of sp³-hybridized carbons (Fsp3) is 0.250. The van der Waals surface area contributed by atoms with Crippen molar-refractivity contribution in [2.75, 3.05) is 18.5 Å². The van der Waals surface area contributed by atoms with E-state index in [4.69, 9.17) is 15.8 Å². The zero-order valence-electron chi connectivity index (χ0n) is 16.2. The van der Waals surface area contributed by atoms with Crippen molar-refractivity contribution in [2.24, 2.45) is 0 Å². The molecule has 0 spiro atoms. The minimum absolute atomic E-state index is 0.00293. The zero-order valence-corrected chi connectivity index (χ0v) is 16.2. The third kappa shape index (κ3) is 4.39. The summed E-state index contributed by atoms with van der Waals surface area (Å²) in [5.41, 5.74) is 3.25. The molecule has 3 rings (SSSR count). The Morgan fingerprint density at radius 1 is 1.31 bits per heavy atom. The lowest BCUT2D eigenvalue weighted by Gasteiger charge is -2.16. The largest absolute Gasteiger partial charge is 0.395 e. The van der Waals surface area contributed by atoms with E-state index in [1.807, 2.05) is 19.9 Å². The molecule has 0 fully saturated rings. The maximum absolute atomic E-state index is 9.04. The predicted molar refractivity (Wildman–Crippen MR) is 112 cm³/mol. The van der Waals surface area contributed by atoms with E-state index in [0.29, 0.717) is 29.1 Å². The molecule has 0 unspecified atom stereocenters. The van der Waals surface area contributed by atoms with Gasteiger partial charge in [0.05, 0.1) is 18.4 Å². The summed E-state index contributed by atoms with van der Waals surface area (Å²) < 4.78 is 1.61. The van der Waals surface area contributed by atoms with Crippen LogP contribution in [0.15, 0.2) is 36.9 Å². The van der Waals surface area contributed by atoms with Crippen molar-refractivity contribution < 1.29 is 5.11 Å². The van der Waals surface area contributed by atoms with Gasteiger partial charge in [0, 0.05) is 65.7 Å². The molecular formula is C20H22N8O. The number of aliphatic hydroxyl groups excluding tert-OH is 1. The van der Waals surface area contributed by atoms with Gasteiger partial charge in [-0.3, -0.25) is 0 Å². The monoisotopic (exact) mass is 390 g/mol. The highest BCUT2D eigenvalue weighted by atomic mass is 16.3. The molecule has 3 aromatic rings. The lowest BCUT2D eigenvalue weighted by Crippen LogP contribution is -2.15. The standard InChI is InChI=1S/C20H22N8O/c1-13(2)27-18-6-19(24-12-17(18)16(8-22)10-23-3-4-29)28-20-15(11-26-28)5-14(7-21)9-25-20/h5-6,8-13,22-23,29H,3-4H2,1-2H3,(H,24,27)/b16-10+,22-8?. The lowest BCUT2D eigenvalue weighted by molar-refractivity contribution is 0.298. The second-order valence-corrected chi connectivity index (χ2v) is 6.61. The SMILES string of the molecule is CC(C)Nc1cc(-n2ncc3cc(C#N)cnc32)ncc1/C(C=N)=C/NCCO. The van der Waals surface area contributed by atoms with Crippen molar-refractivity contribution >= 4 is 28.5 Å². The molecule has 0 bridgehead atoms. The van der Waals surface area contributed by atoms with Crippen molar-refractivity contribution in [3.05, 3.63) is 48.1 Å². The highest BCUT2D eigenvalue weighted by Gasteiger charge is 2.14. The first-order valence-corrected chi connectivity index (χ1v) is 9.13. The summed E-state index contributed by atoms with van der Waals surface area (Å²) in [5, 5.41) is 37.2. The van der Waals surface area contributed by atoms with Crippen LogP contribution in [0, 0.1) is 16.7 Å². The van der Waals surface area contributed by atoms with Gasteiger partial charge in [-0.2, -0.15) is 15.0 Å². The van der Waals surface area contributed by atoms with E-state index in [0.717, 1.165) is 16.6 Å². The Morgan fingerprint density at radius 3 is 2.83 bits per heavy atom. The molecule has 0 aliphatic heterocycles.